The smallest absolute Gasteiger partial charge is 0.255 e. The van der Waals surface area contributed by atoms with E-state index in [4.69, 9.17) is 0 Å². The average molecular weight is 378 g/mol. The van der Waals surface area contributed by atoms with Gasteiger partial charge in [0, 0.05) is 24.3 Å². The number of nitrogens with one attached hydrogen (secondary N) is 1. The predicted molar refractivity (Wildman–Crippen MR) is 100 cm³/mol. The summed E-state index contributed by atoms with van der Waals surface area (Å²) in [6.07, 6.45) is 1.41. The minimum Gasteiger partial charge on any atom is -0.322 e. The monoisotopic (exact) mass is 378 g/mol. The Hall–Kier alpha value is -2.25. The summed E-state index contributed by atoms with van der Waals surface area (Å²) in [4.78, 5) is 12.5. The second-order valence-corrected chi connectivity index (χ2v) is 7.83. The fraction of sp³-hybridized carbons (Fsp3) is 0.316. The Bertz CT molecular complexity index is 863. The van der Waals surface area contributed by atoms with Gasteiger partial charge in [0.05, 0.1) is 4.90 Å². The quantitative estimate of drug-likeness (QED) is 0.758. The molecule has 5 nitrogen and oxygen atoms in total. The highest BCUT2D eigenvalue weighted by Crippen LogP contribution is 2.19. The molecule has 0 aliphatic heterocycles. The van der Waals surface area contributed by atoms with Crippen LogP contribution in [0.5, 0.6) is 0 Å². The molecule has 0 unspecified atom stereocenters. The number of benzene rings is 2. The molecule has 140 valence electrons. The lowest BCUT2D eigenvalue weighted by Gasteiger charge is -2.21. The van der Waals surface area contributed by atoms with Crippen molar-refractivity contribution in [1.82, 2.24) is 4.31 Å². The number of hydrogen-bond acceptors (Lipinski definition) is 3. The summed E-state index contributed by atoms with van der Waals surface area (Å²) in [5.41, 5.74) is 0.505. The number of amides is 1. The molecule has 0 saturated heterocycles. The molecule has 2 aromatic carbocycles. The number of carbonyl (C=O) groups excluding carboxylic acids is 1. The molecule has 0 bridgehead atoms. The minimum atomic E-state index is -3.67. The van der Waals surface area contributed by atoms with Crippen molar-refractivity contribution in [2.45, 2.75) is 31.6 Å². The Morgan fingerprint density at radius 3 is 2.31 bits per heavy atom. The van der Waals surface area contributed by atoms with Crippen molar-refractivity contribution in [2.24, 2.45) is 0 Å². The third-order valence-electron chi connectivity index (χ3n) is 3.76. The predicted octanol–water partition coefficient (Wildman–Crippen LogP) is 3.89. The van der Waals surface area contributed by atoms with Gasteiger partial charge in [-0.15, -0.1) is 0 Å². The maximum Gasteiger partial charge on any atom is 0.255 e. The molecule has 0 spiro atoms. The first-order chi connectivity index (χ1) is 12.4. The van der Waals surface area contributed by atoms with E-state index >= 15 is 0 Å². The molecule has 0 saturated carbocycles. The third-order valence-corrected chi connectivity index (χ3v) is 5.66. The van der Waals surface area contributed by atoms with Crippen LogP contribution in [0.4, 0.5) is 10.1 Å². The Balaban J connectivity index is 2.27. The van der Waals surface area contributed by atoms with Crippen LogP contribution in [0, 0.1) is 5.82 Å². The summed E-state index contributed by atoms with van der Waals surface area (Å²) < 4.78 is 40.3. The Kier molecular flexibility index (Phi) is 6.88. The lowest BCUT2D eigenvalue weighted by atomic mass is 10.2. The maximum atomic E-state index is 13.2. The van der Waals surface area contributed by atoms with Crippen molar-refractivity contribution >= 4 is 21.6 Å². The molecule has 0 aliphatic carbocycles. The summed E-state index contributed by atoms with van der Waals surface area (Å²) in [6, 6.07) is 11.4. The molecule has 1 N–H and O–H groups in total. The number of anilines is 1. The lowest BCUT2D eigenvalue weighted by molar-refractivity contribution is 0.102. The van der Waals surface area contributed by atoms with E-state index in [1.54, 1.807) is 6.07 Å². The fourth-order valence-electron chi connectivity index (χ4n) is 2.57. The highest BCUT2D eigenvalue weighted by atomic mass is 32.2. The second-order valence-electron chi connectivity index (χ2n) is 5.90. The van der Waals surface area contributed by atoms with Crippen molar-refractivity contribution in [1.29, 1.82) is 0 Å². The molecule has 26 heavy (non-hydrogen) atoms. The number of rotatable bonds is 8. The zero-order valence-corrected chi connectivity index (χ0v) is 15.7. The van der Waals surface area contributed by atoms with Gasteiger partial charge in [0.2, 0.25) is 10.0 Å². The standard InChI is InChI=1S/C19H23FN2O3S/c1-3-11-22(12-4-2)26(24,25)18-10-5-7-15(13-18)19(23)21-17-9-6-8-16(20)14-17/h5-10,13-14H,3-4,11-12H2,1-2H3,(H,21,23). The van der Waals surface area contributed by atoms with Crippen LogP contribution in [0.25, 0.3) is 0 Å². The highest BCUT2D eigenvalue weighted by Gasteiger charge is 2.24. The topological polar surface area (TPSA) is 66.5 Å². The summed E-state index contributed by atoms with van der Waals surface area (Å²) >= 11 is 0. The molecule has 7 heteroatoms. The molecular formula is C19H23FN2O3S. The van der Waals surface area contributed by atoms with Crippen LogP contribution >= 0.6 is 0 Å². The number of hydrogen-bond donors (Lipinski definition) is 1. The van der Waals surface area contributed by atoms with Crippen LogP contribution in [0.1, 0.15) is 37.0 Å². The van der Waals surface area contributed by atoms with Crippen molar-refractivity contribution in [2.75, 3.05) is 18.4 Å². The minimum absolute atomic E-state index is 0.0753. The van der Waals surface area contributed by atoms with Crippen molar-refractivity contribution < 1.29 is 17.6 Å². The average Bonchev–Trinajstić information content (AvgIpc) is 2.61. The van der Waals surface area contributed by atoms with Crippen LogP contribution in [0.15, 0.2) is 53.4 Å². The normalized spacial score (nSPS) is 11.5. The zero-order chi connectivity index (χ0) is 19.2. The largest absolute Gasteiger partial charge is 0.322 e. The fourth-order valence-corrected chi connectivity index (χ4v) is 4.24. The summed E-state index contributed by atoms with van der Waals surface area (Å²) in [5, 5.41) is 2.57. The molecule has 2 rings (SSSR count). The summed E-state index contributed by atoms with van der Waals surface area (Å²) in [5.74, 6) is -0.959. The Labute approximate surface area is 153 Å². The van der Waals surface area contributed by atoms with Crippen LogP contribution in [-0.4, -0.2) is 31.7 Å². The van der Waals surface area contributed by atoms with Gasteiger partial charge in [-0.05, 0) is 49.2 Å². The van der Waals surface area contributed by atoms with E-state index in [1.165, 1.54) is 46.8 Å². The van der Waals surface area contributed by atoms with Crippen LogP contribution in [0.2, 0.25) is 0 Å². The zero-order valence-electron chi connectivity index (χ0n) is 14.9. The first kappa shape index (κ1) is 20.1. The second kappa shape index (κ2) is 8.91. The van der Waals surface area contributed by atoms with Crippen LogP contribution < -0.4 is 5.32 Å². The van der Waals surface area contributed by atoms with Crippen molar-refractivity contribution in [3.8, 4) is 0 Å². The molecule has 0 aliphatic rings. The lowest BCUT2D eigenvalue weighted by Crippen LogP contribution is -2.32. The molecule has 0 aromatic heterocycles. The van der Waals surface area contributed by atoms with Crippen LogP contribution in [0.3, 0.4) is 0 Å². The van der Waals surface area contributed by atoms with E-state index in [1.807, 2.05) is 13.8 Å². The van der Waals surface area contributed by atoms with Gasteiger partial charge in [0.25, 0.3) is 5.91 Å². The van der Waals surface area contributed by atoms with E-state index in [0.717, 1.165) is 0 Å². The van der Waals surface area contributed by atoms with Gasteiger partial charge in [-0.25, -0.2) is 12.8 Å². The maximum absolute atomic E-state index is 13.2. The first-order valence-corrected chi connectivity index (χ1v) is 9.99. The number of carbonyl (C=O) groups is 1. The van der Waals surface area contributed by atoms with Crippen molar-refractivity contribution in [3.05, 3.63) is 59.9 Å². The Morgan fingerprint density at radius 1 is 1.04 bits per heavy atom. The van der Waals surface area contributed by atoms with E-state index in [9.17, 15) is 17.6 Å². The SMILES string of the molecule is CCCN(CCC)S(=O)(=O)c1cccc(C(=O)Nc2cccc(F)c2)c1. The van der Waals surface area contributed by atoms with Gasteiger partial charge in [-0.1, -0.05) is 26.0 Å². The van der Waals surface area contributed by atoms with E-state index in [0.29, 0.717) is 31.6 Å². The number of halogens is 1. The highest BCUT2D eigenvalue weighted by molar-refractivity contribution is 7.89. The first-order valence-electron chi connectivity index (χ1n) is 8.55. The molecule has 0 radical (unpaired) electrons. The molecule has 2 aromatic rings. The van der Waals surface area contributed by atoms with Gasteiger partial charge >= 0.3 is 0 Å². The third kappa shape index (κ3) is 4.89. The van der Waals surface area contributed by atoms with Crippen LogP contribution in [-0.2, 0) is 10.0 Å². The van der Waals surface area contributed by atoms with Gasteiger partial charge in [-0.2, -0.15) is 4.31 Å². The molecule has 0 fully saturated rings. The van der Waals surface area contributed by atoms with Gasteiger partial charge in [-0.3, -0.25) is 4.79 Å². The molecule has 0 heterocycles. The summed E-state index contributed by atoms with van der Waals surface area (Å²) in [6.45, 7) is 4.69. The Morgan fingerprint density at radius 2 is 1.69 bits per heavy atom. The van der Waals surface area contributed by atoms with E-state index in [-0.39, 0.29) is 10.5 Å². The summed E-state index contributed by atoms with van der Waals surface area (Å²) in [7, 11) is -3.67. The van der Waals surface area contributed by atoms with Gasteiger partial charge in [0.15, 0.2) is 0 Å². The van der Waals surface area contributed by atoms with Gasteiger partial charge < -0.3 is 5.32 Å². The van der Waals surface area contributed by atoms with Gasteiger partial charge in [0.1, 0.15) is 5.82 Å². The number of nitrogens with zero attached hydrogens (tertiary/aromatic N) is 1. The van der Waals surface area contributed by atoms with E-state index < -0.39 is 21.7 Å². The molecule has 1 amide bonds. The number of sulfonamides is 1. The van der Waals surface area contributed by atoms with Crippen molar-refractivity contribution in [3.63, 3.8) is 0 Å². The molecular weight excluding hydrogens is 355 g/mol. The molecule has 0 atom stereocenters. The van der Waals surface area contributed by atoms with E-state index in [2.05, 4.69) is 5.32 Å².